The Morgan fingerprint density at radius 1 is 1.24 bits per heavy atom. The van der Waals surface area contributed by atoms with Crippen LogP contribution in [-0.4, -0.2) is 27.9 Å². The van der Waals surface area contributed by atoms with Crippen molar-refractivity contribution in [3.8, 4) is 5.75 Å². The molecule has 0 aliphatic carbocycles. The second-order valence-corrected chi connectivity index (χ2v) is 5.46. The van der Waals surface area contributed by atoms with Gasteiger partial charge in [0.25, 0.3) is 0 Å². The predicted octanol–water partition coefficient (Wildman–Crippen LogP) is 2.86. The quantitative estimate of drug-likeness (QED) is 0.867. The van der Waals surface area contributed by atoms with E-state index in [-0.39, 0.29) is 0 Å². The molecule has 0 radical (unpaired) electrons. The molecule has 0 spiro atoms. The molecule has 0 N–H and O–H groups in total. The zero-order valence-electron chi connectivity index (χ0n) is 12.9. The average molecular weight is 286 g/mol. The van der Waals surface area contributed by atoms with Crippen LogP contribution in [0.5, 0.6) is 5.75 Å². The number of aromatic nitrogens is 3. The molecular weight excluding hydrogens is 264 g/mol. The van der Waals surface area contributed by atoms with Crippen molar-refractivity contribution in [3.63, 3.8) is 0 Å². The van der Waals surface area contributed by atoms with Crippen molar-refractivity contribution >= 4 is 5.95 Å². The molecule has 5 heteroatoms. The van der Waals surface area contributed by atoms with E-state index in [9.17, 15) is 0 Å². The molecule has 1 saturated heterocycles. The Labute approximate surface area is 125 Å². The zero-order chi connectivity index (χ0) is 14.8. The molecule has 1 atom stereocenters. The van der Waals surface area contributed by atoms with E-state index in [2.05, 4.69) is 43.9 Å². The first-order chi connectivity index (χ1) is 10.2. The Morgan fingerprint density at radius 3 is 2.62 bits per heavy atom. The molecule has 1 unspecified atom stereocenters. The van der Waals surface area contributed by atoms with E-state index in [0.717, 1.165) is 30.5 Å². The first kappa shape index (κ1) is 13.9. The summed E-state index contributed by atoms with van der Waals surface area (Å²) in [5, 5.41) is 8.51. The van der Waals surface area contributed by atoms with E-state index in [4.69, 9.17) is 4.74 Å². The molecule has 2 aromatic rings. The molecular formula is C16H22N4O. The summed E-state index contributed by atoms with van der Waals surface area (Å²) in [6.07, 6.45) is 2.34. The fourth-order valence-electron chi connectivity index (χ4n) is 2.95. The number of anilines is 1. The summed E-state index contributed by atoms with van der Waals surface area (Å²) in [6, 6.07) is 8.81. The smallest absolute Gasteiger partial charge is 0.227 e. The summed E-state index contributed by atoms with van der Waals surface area (Å²) in [4.78, 5) is 2.36. The molecule has 1 aliphatic rings. The van der Waals surface area contributed by atoms with Gasteiger partial charge in [-0.2, -0.15) is 0 Å². The van der Waals surface area contributed by atoms with Crippen LogP contribution in [0.1, 0.15) is 37.2 Å². The molecule has 0 saturated carbocycles. The molecule has 3 rings (SSSR count). The predicted molar refractivity (Wildman–Crippen MR) is 82.7 cm³/mol. The summed E-state index contributed by atoms with van der Waals surface area (Å²) < 4.78 is 7.58. The van der Waals surface area contributed by atoms with Gasteiger partial charge in [0, 0.05) is 13.6 Å². The summed E-state index contributed by atoms with van der Waals surface area (Å²) in [5.74, 6) is 2.84. The van der Waals surface area contributed by atoms with Gasteiger partial charge in [0.05, 0.1) is 12.6 Å². The van der Waals surface area contributed by atoms with Crippen LogP contribution in [0.2, 0.25) is 0 Å². The van der Waals surface area contributed by atoms with Crippen LogP contribution in [0, 0.1) is 6.92 Å². The van der Waals surface area contributed by atoms with Gasteiger partial charge in [-0.25, -0.2) is 0 Å². The SMILES string of the molecule is CCOc1ccc(C2CCCN2c2nnc(C)n2C)cc1. The number of aryl methyl sites for hydroxylation is 1. The second kappa shape index (κ2) is 5.76. The maximum absolute atomic E-state index is 5.52. The third-order valence-electron chi connectivity index (χ3n) is 4.16. The largest absolute Gasteiger partial charge is 0.494 e. The van der Waals surface area contributed by atoms with Crippen molar-refractivity contribution < 1.29 is 4.74 Å². The Bertz CT molecular complexity index is 605. The first-order valence-electron chi connectivity index (χ1n) is 7.56. The van der Waals surface area contributed by atoms with E-state index in [1.165, 1.54) is 12.0 Å². The topological polar surface area (TPSA) is 43.2 Å². The maximum Gasteiger partial charge on any atom is 0.227 e. The number of hydrogen-bond acceptors (Lipinski definition) is 4. The Hall–Kier alpha value is -2.04. The summed E-state index contributed by atoms with van der Waals surface area (Å²) in [5.41, 5.74) is 1.32. The van der Waals surface area contributed by atoms with Crippen molar-refractivity contribution in [2.75, 3.05) is 18.1 Å². The van der Waals surface area contributed by atoms with Crippen LogP contribution in [0.4, 0.5) is 5.95 Å². The van der Waals surface area contributed by atoms with Crippen LogP contribution in [0.3, 0.4) is 0 Å². The third kappa shape index (κ3) is 2.60. The number of nitrogens with zero attached hydrogens (tertiary/aromatic N) is 4. The monoisotopic (exact) mass is 286 g/mol. The van der Waals surface area contributed by atoms with Gasteiger partial charge in [0.15, 0.2) is 0 Å². The van der Waals surface area contributed by atoms with Gasteiger partial charge in [-0.3, -0.25) is 0 Å². The van der Waals surface area contributed by atoms with Gasteiger partial charge in [-0.05, 0) is 44.4 Å². The third-order valence-corrected chi connectivity index (χ3v) is 4.16. The fraction of sp³-hybridized carbons (Fsp3) is 0.500. The number of ether oxygens (including phenoxy) is 1. The molecule has 5 nitrogen and oxygen atoms in total. The lowest BCUT2D eigenvalue weighted by Gasteiger charge is -2.25. The Morgan fingerprint density at radius 2 is 2.00 bits per heavy atom. The van der Waals surface area contributed by atoms with Crippen molar-refractivity contribution in [3.05, 3.63) is 35.7 Å². The van der Waals surface area contributed by atoms with E-state index in [0.29, 0.717) is 12.6 Å². The summed E-state index contributed by atoms with van der Waals surface area (Å²) in [7, 11) is 2.03. The molecule has 112 valence electrons. The van der Waals surface area contributed by atoms with Gasteiger partial charge < -0.3 is 14.2 Å². The summed E-state index contributed by atoms with van der Waals surface area (Å²) >= 11 is 0. The summed E-state index contributed by atoms with van der Waals surface area (Å²) in [6.45, 7) is 5.72. The van der Waals surface area contributed by atoms with Crippen molar-refractivity contribution in [2.45, 2.75) is 32.7 Å². The molecule has 2 heterocycles. The van der Waals surface area contributed by atoms with Crippen LogP contribution < -0.4 is 9.64 Å². The number of benzene rings is 1. The first-order valence-corrected chi connectivity index (χ1v) is 7.56. The average Bonchev–Trinajstić information content (AvgIpc) is 3.08. The molecule has 1 fully saturated rings. The molecule has 1 aromatic heterocycles. The highest BCUT2D eigenvalue weighted by Crippen LogP contribution is 2.35. The highest BCUT2D eigenvalue weighted by Gasteiger charge is 2.29. The lowest BCUT2D eigenvalue weighted by atomic mass is 10.0. The standard InChI is InChI=1S/C16H22N4O/c1-4-21-14-9-7-13(8-10-14)15-6-5-11-20(15)16-18-17-12(2)19(16)3/h7-10,15H,4-6,11H2,1-3H3. The molecule has 1 aliphatic heterocycles. The van der Waals surface area contributed by atoms with Crippen LogP contribution in [0.25, 0.3) is 0 Å². The van der Waals surface area contributed by atoms with E-state index >= 15 is 0 Å². The molecule has 21 heavy (non-hydrogen) atoms. The highest BCUT2D eigenvalue weighted by molar-refractivity contribution is 5.40. The van der Waals surface area contributed by atoms with Gasteiger partial charge >= 0.3 is 0 Å². The van der Waals surface area contributed by atoms with Gasteiger partial charge in [0.1, 0.15) is 11.6 Å². The van der Waals surface area contributed by atoms with E-state index < -0.39 is 0 Å². The minimum Gasteiger partial charge on any atom is -0.494 e. The van der Waals surface area contributed by atoms with E-state index in [1.54, 1.807) is 0 Å². The Kier molecular flexibility index (Phi) is 3.82. The van der Waals surface area contributed by atoms with Crippen molar-refractivity contribution in [1.29, 1.82) is 0 Å². The number of rotatable bonds is 4. The second-order valence-electron chi connectivity index (χ2n) is 5.46. The lowest BCUT2D eigenvalue weighted by Crippen LogP contribution is -2.25. The minimum atomic E-state index is 0.378. The normalized spacial score (nSPS) is 18.2. The minimum absolute atomic E-state index is 0.378. The van der Waals surface area contributed by atoms with Crippen molar-refractivity contribution in [1.82, 2.24) is 14.8 Å². The zero-order valence-corrected chi connectivity index (χ0v) is 12.9. The molecule has 0 amide bonds. The number of hydrogen-bond donors (Lipinski definition) is 0. The van der Waals surface area contributed by atoms with Gasteiger partial charge in [-0.15, -0.1) is 10.2 Å². The van der Waals surface area contributed by atoms with Crippen LogP contribution in [-0.2, 0) is 7.05 Å². The van der Waals surface area contributed by atoms with E-state index in [1.807, 2.05) is 20.9 Å². The molecule has 1 aromatic carbocycles. The Balaban J connectivity index is 1.85. The molecule has 0 bridgehead atoms. The van der Waals surface area contributed by atoms with Crippen LogP contribution in [0.15, 0.2) is 24.3 Å². The lowest BCUT2D eigenvalue weighted by molar-refractivity contribution is 0.340. The van der Waals surface area contributed by atoms with Gasteiger partial charge in [-0.1, -0.05) is 12.1 Å². The van der Waals surface area contributed by atoms with Crippen LogP contribution >= 0.6 is 0 Å². The highest BCUT2D eigenvalue weighted by atomic mass is 16.5. The van der Waals surface area contributed by atoms with Crippen molar-refractivity contribution in [2.24, 2.45) is 7.05 Å². The van der Waals surface area contributed by atoms with Gasteiger partial charge in [0.2, 0.25) is 5.95 Å². The fourth-order valence-corrected chi connectivity index (χ4v) is 2.95. The maximum atomic E-state index is 5.52.